The van der Waals surface area contributed by atoms with E-state index in [0.29, 0.717) is 0 Å². The van der Waals surface area contributed by atoms with Crippen molar-refractivity contribution in [2.75, 3.05) is 0 Å². The molecule has 2 aliphatic carbocycles. The van der Waals surface area contributed by atoms with E-state index in [9.17, 15) is 0 Å². The van der Waals surface area contributed by atoms with Crippen LogP contribution in [-0.4, -0.2) is 0 Å². The first-order valence-electron chi connectivity index (χ1n) is 6.77. The van der Waals surface area contributed by atoms with E-state index in [-0.39, 0.29) is 0 Å². The number of allylic oxidation sites excluding steroid dienone is 4. The summed E-state index contributed by atoms with van der Waals surface area (Å²) in [5, 5.41) is 0. The third-order valence-corrected chi connectivity index (χ3v) is 2.50. The van der Waals surface area contributed by atoms with Crippen LogP contribution in [0.25, 0.3) is 0 Å². The lowest BCUT2D eigenvalue weighted by atomic mass is 9.85. The fraction of sp³-hybridized carbons (Fsp3) is 0.733. The molecule has 0 nitrogen and oxygen atoms in total. The SMILES string of the molecule is C1=C2CCCCC2=CCC1.CC.CCC. The average molecular weight is 208 g/mol. The highest BCUT2D eigenvalue weighted by Gasteiger charge is 2.12. The zero-order valence-electron chi connectivity index (χ0n) is 11.1. The number of hydrogen-bond donors (Lipinski definition) is 0. The van der Waals surface area contributed by atoms with Gasteiger partial charge in [-0.25, -0.2) is 0 Å². The van der Waals surface area contributed by atoms with Gasteiger partial charge in [-0.1, -0.05) is 46.3 Å². The van der Waals surface area contributed by atoms with Crippen LogP contribution in [0.5, 0.6) is 0 Å². The maximum absolute atomic E-state index is 2.44. The van der Waals surface area contributed by atoms with Crippen LogP contribution in [-0.2, 0) is 0 Å². The highest BCUT2D eigenvalue weighted by Crippen LogP contribution is 2.31. The van der Waals surface area contributed by atoms with Crippen molar-refractivity contribution in [3.63, 3.8) is 0 Å². The largest absolute Gasteiger partial charge is 0.0807 e. The van der Waals surface area contributed by atoms with Crippen molar-refractivity contribution in [3.05, 3.63) is 23.3 Å². The Kier molecular flexibility index (Phi) is 9.67. The van der Waals surface area contributed by atoms with Crippen molar-refractivity contribution in [2.24, 2.45) is 0 Å². The summed E-state index contributed by atoms with van der Waals surface area (Å²) in [4.78, 5) is 0. The minimum atomic E-state index is 1.25. The molecule has 0 radical (unpaired) electrons. The molecule has 0 spiro atoms. The molecule has 2 rings (SSSR count). The van der Waals surface area contributed by atoms with Crippen molar-refractivity contribution in [1.82, 2.24) is 0 Å². The molecule has 0 heterocycles. The lowest BCUT2D eigenvalue weighted by molar-refractivity contribution is 0.665. The van der Waals surface area contributed by atoms with Crippen LogP contribution in [0.4, 0.5) is 0 Å². The molecule has 2 aliphatic rings. The molecule has 0 bridgehead atoms. The van der Waals surface area contributed by atoms with Gasteiger partial charge in [0.2, 0.25) is 0 Å². The third-order valence-electron chi connectivity index (χ3n) is 2.50. The summed E-state index contributed by atoms with van der Waals surface area (Å²) < 4.78 is 0. The zero-order valence-corrected chi connectivity index (χ0v) is 11.1. The number of rotatable bonds is 0. The summed E-state index contributed by atoms with van der Waals surface area (Å²) in [6, 6.07) is 0. The third kappa shape index (κ3) is 5.81. The Labute approximate surface area is 96.5 Å². The fourth-order valence-corrected chi connectivity index (χ4v) is 1.93. The number of fused-ring (bicyclic) bond motifs is 1. The molecule has 0 aromatic carbocycles. The zero-order chi connectivity index (χ0) is 11.5. The van der Waals surface area contributed by atoms with E-state index in [4.69, 9.17) is 0 Å². The van der Waals surface area contributed by atoms with Gasteiger partial charge in [-0.15, -0.1) is 0 Å². The van der Waals surface area contributed by atoms with Gasteiger partial charge in [-0.05, 0) is 49.7 Å². The van der Waals surface area contributed by atoms with Gasteiger partial charge in [0.1, 0.15) is 0 Å². The molecule has 1 saturated carbocycles. The molecule has 88 valence electrons. The maximum atomic E-state index is 2.44. The molecule has 0 aromatic heterocycles. The average Bonchev–Trinajstić information content (AvgIpc) is 2.33. The van der Waals surface area contributed by atoms with Gasteiger partial charge in [-0.3, -0.25) is 0 Å². The molecule has 1 fully saturated rings. The second-order valence-corrected chi connectivity index (χ2v) is 3.95. The van der Waals surface area contributed by atoms with Gasteiger partial charge in [0, 0.05) is 0 Å². The molecule has 0 amide bonds. The molecule has 0 saturated heterocycles. The smallest absolute Gasteiger partial charge is 0.0279 e. The molecule has 0 heteroatoms. The standard InChI is InChI=1S/C10H14.C3H8.C2H6/c1-2-6-10-8-4-3-7-9(10)5-1;1-3-2;1-2/h5-6H,1-4,7-8H2;3H2,1-2H3;1-2H3. The van der Waals surface area contributed by atoms with E-state index in [1.807, 2.05) is 13.8 Å². The Hall–Kier alpha value is -0.520. The Morgan fingerprint density at radius 3 is 1.53 bits per heavy atom. The molecule has 0 atom stereocenters. The maximum Gasteiger partial charge on any atom is -0.0279 e. The lowest BCUT2D eigenvalue weighted by Gasteiger charge is -2.20. The second-order valence-electron chi connectivity index (χ2n) is 3.95. The van der Waals surface area contributed by atoms with Crippen LogP contribution in [0.15, 0.2) is 23.3 Å². The Bertz CT molecular complexity index is 174. The molecule has 0 aliphatic heterocycles. The van der Waals surface area contributed by atoms with Crippen LogP contribution in [0.3, 0.4) is 0 Å². The summed E-state index contributed by atoms with van der Waals surface area (Å²) in [6.45, 7) is 8.25. The van der Waals surface area contributed by atoms with Crippen molar-refractivity contribution < 1.29 is 0 Å². The van der Waals surface area contributed by atoms with E-state index >= 15 is 0 Å². The van der Waals surface area contributed by atoms with E-state index in [2.05, 4.69) is 26.0 Å². The summed E-state index contributed by atoms with van der Waals surface area (Å²) >= 11 is 0. The quantitative estimate of drug-likeness (QED) is 0.482. The summed E-state index contributed by atoms with van der Waals surface area (Å²) in [7, 11) is 0. The predicted molar refractivity (Wildman–Crippen MR) is 71.2 cm³/mol. The van der Waals surface area contributed by atoms with Gasteiger partial charge >= 0.3 is 0 Å². The summed E-state index contributed by atoms with van der Waals surface area (Å²) in [5.41, 5.74) is 3.33. The van der Waals surface area contributed by atoms with Crippen molar-refractivity contribution in [1.29, 1.82) is 0 Å². The first-order chi connectivity index (χ1) is 7.38. The van der Waals surface area contributed by atoms with Crippen LogP contribution >= 0.6 is 0 Å². The number of hydrogen-bond acceptors (Lipinski definition) is 0. The molecular formula is C15H28. The van der Waals surface area contributed by atoms with Crippen LogP contribution in [0.1, 0.15) is 72.6 Å². The molecular weight excluding hydrogens is 180 g/mol. The first-order valence-corrected chi connectivity index (χ1v) is 6.77. The van der Waals surface area contributed by atoms with Gasteiger partial charge in [-0.2, -0.15) is 0 Å². The first kappa shape index (κ1) is 14.5. The highest BCUT2D eigenvalue weighted by molar-refractivity contribution is 5.34. The summed E-state index contributed by atoms with van der Waals surface area (Å²) in [5.74, 6) is 0. The molecule has 0 unspecified atom stereocenters. The van der Waals surface area contributed by atoms with Gasteiger partial charge in [0.25, 0.3) is 0 Å². The molecule has 0 N–H and O–H groups in total. The monoisotopic (exact) mass is 208 g/mol. The van der Waals surface area contributed by atoms with E-state index < -0.39 is 0 Å². The lowest BCUT2D eigenvalue weighted by Crippen LogP contribution is -2.01. The second kappa shape index (κ2) is 10.0. The highest BCUT2D eigenvalue weighted by atomic mass is 14.2. The normalized spacial score (nSPS) is 18.1. The Morgan fingerprint density at radius 2 is 1.20 bits per heavy atom. The van der Waals surface area contributed by atoms with Crippen LogP contribution in [0.2, 0.25) is 0 Å². The Morgan fingerprint density at radius 1 is 0.867 bits per heavy atom. The minimum Gasteiger partial charge on any atom is -0.0807 e. The van der Waals surface area contributed by atoms with Gasteiger partial charge in [0.05, 0.1) is 0 Å². The van der Waals surface area contributed by atoms with E-state index in [1.165, 1.54) is 44.9 Å². The van der Waals surface area contributed by atoms with E-state index in [1.54, 1.807) is 11.1 Å². The van der Waals surface area contributed by atoms with Crippen molar-refractivity contribution >= 4 is 0 Å². The van der Waals surface area contributed by atoms with Crippen LogP contribution in [0, 0.1) is 0 Å². The molecule has 0 aromatic rings. The minimum absolute atomic E-state index is 1.25. The van der Waals surface area contributed by atoms with E-state index in [0.717, 1.165) is 0 Å². The van der Waals surface area contributed by atoms with Crippen molar-refractivity contribution in [2.45, 2.75) is 72.6 Å². The van der Waals surface area contributed by atoms with Gasteiger partial charge in [0.15, 0.2) is 0 Å². The molecule has 15 heavy (non-hydrogen) atoms. The van der Waals surface area contributed by atoms with Gasteiger partial charge < -0.3 is 0 Å². The Balaban J connectivity index is 0.000000342. The fourth-order valence-electron chi connectivity index (χ4n) is 1.93. The van der Waals surface area contributed by atoms with Crippen LogP contribution < -0.4 is 0 Å². The topological polar surface area (TPSA) is 0 Å². The summed E-state index contributed by atoms with van der Waals surface area (Å²) in [6.07, 6.45) is 14.3. The van der Waals surface area contributed by atoms with Crippen molar-refractivity contribution in [3.8, 4) is 0 Å². The predicted octanol–water partition coefficient (Wildman–Crippen LogP) is 5.65.